The van der Waals surface area contributed by atoms with Crippen molar-refractivity contribution in [1.29, 1.82) is 0 Å². The third-order valence-electron chi connectivity index (χ3n) is 2.42. The molecular formula is C10H11NO3. The molecule has 0 aliphatic carbocycles. The van der Waals surface area contributed by atoms with E-state index < -0.39 is 11.9 Å². The molecule has 1 saturated heterocycles. The summed E-state index contributed by atoms with van der Waals surface area (Å²) in [5.41, 5.74) is 0.845. The second-order valence-electron chi connectivity index (χ2n) is 3.31. The molecule has 1 aromatic heterocycles. The SMILES string of the molecule is O=C(O)[C@@H]1CCO[C@@H]1c1cccnc1. The first kappa shape index (κ1) is 9.15. The molecule has 4 heteroatoms. The molecule has 1 aromatic rings. The van der Waals surface area contributed by atoms with Gasteiger partial charge in [0.1, 0.15) is 0 Å². The average Bonchev–Trinajstić information content (AvgIpc) is 2.67. The normalized spacial score (nSPS) is 26.3. The lowest BCUT2D eigenvalue weighted by atomic mass is 9.97. The van der Waals surface area contributed by atoms with Gasteiger partial charge in [-0.15, -0.1) is 0 Å². The van der Waals surface area contributed by atoms with E-state index in [1.807, 2.05) is 6.07 Å². The Hall–Kier alpha value is -1.42. The minimum Gasteiger partial charge on any atom is -0.481 e. The van der Waals surface area contributed by atoms with Crippen molar-refractivity contribution in [3.05, 3.63) is 30.1 Å². The van der Waals surface area contributed by atoms with E-state index in [4.69, 9.17) is 9.84 Å². The van der Waals surface area contributed by atoms with Gasteiger partial charge in [0.05, 0.1) is 12.0 Å². The average molecular weight is 193 g/mol. The standard InChI is InChI=1S/C10H11NO3/c12-10(13)8-3-5-14-9(8)7-2-1-4-11-6-7/h1-2,4,6,8-9H,3,5H2,(H,12,13)/t8-,9-/m1/s1. The Balaban J connectivity index is 2.22. The molecule has 74 valence electrons. The summed E-state index contributed by atoms with van der Waals surface area (Å²) in [6, 6.07) is 3.63. The largest absolute Gasteiger partial charge is 0.481 e. The number of ether oxygens (including phenoxy) is 1. The van der Waals surface area contributed by atoms with Gasteiger partial charge in [0.2, 0.25) is 0 Å². The van der Waals surface area contributed by atoms with Crippen molar-refractivity contribution in [3.8, 4) is 0 Å². The predicted octanol–water partition coefficient (Wildman–Crippen LogP) is 1.24. The summed E-state index contributed by atoms with van der Waals surface area (Å²) in [5.74, 6) is -1.23. The van der Waals surface area contributed by atoms with Crippen LogP contribution in [-0.2, 0) is 9.53 Å². The maximum atomic E-state index is 10.9. The molecule has 1 N–H and O–H groups in total. The number of aliphatic carboxylic acids is 1. The first-order valence-corrected chi connectivity index (χ1v) is 4.53. The van der Waals surface area contributed by atoms with Gasteiger partial charge in [-0.3, -0.25) is 9.78 Å². The lowest BCUT2D eigenvalue weighted by molar-refractivity contribution is -0.143. The Labute approximate surface area is 81.5 Å². The molecule has 0 amide bonds. The van der Waals surface area contributed by atoms with Gasteiger partial charge in [0, 0.05) is 19.0 Å². The lowest BCUT2D eigenvalue weighted by Gasteiger charge is -2.14. The fourth-order valence-corrected chi connectivity index (χ4v) is 1.72. The molecule has 0 radical (unpaired) electrons. The maximum Gasteiger partial charge on any atom is 0.309 e. The van der Waals surface area contributed by atoms with E-state index in [0.717, 1.165) is 5.56 Å². The molecular weight excluding hydrogens is 182 g/mol. The van der Waals surface area contributed by atoms with Crippen LogP contribution in [0.2, 0.25) is 0 Å². The van der Waals surface area contributed by atoms with Crippen molar-refractivity contribution in [2.45, 2.75) is 12.5 Å². The summed E-state index contributed by atoms with van der Waals surface area (Å²) in [5, 5.41) is 8.94. The number of hydrogen-bond acceptors (Lipinski definition) is 3. The smallest absolute Gasteiger partial charge is 0.309 e. The Bertz CT molecular complexity index is 325. The van der Waals surface area contributed by atoms with Crippen LogP contribution in [0.25, 0.3) is 0 Å². The van der Waals surface area contributed by atoms with Crippen molar-refractivity contribution < 1.29 is 14.6 Å². The Morgan fingerprint density at radius 2 is 2.50 bits per heavy atom. The van der Waals surface area contributed by atoms with Crippen molar-refractivity contribution in [1.82, 2.24) is 4.98 Å². The highest BCUT2D eigenvalue weighted by Crippen LogP contribution is 2.33. The molecule has 0 aromatic carbocycles. The summed E-state index contributed by atoms with van der Waals surface area (Å²) in [6.45, 7) is 0.510. The van der Waals surface area contributed by atoms with Gasteiger partial charge in [-0.05, 0) is 18.1 Å². The molecule has 14 heavy (non-hydrogen) atoms. The van der Waals surface area contributed by atoms with E-state index in [1.54, 1.807) is 18.5 Å². The number of rotatable bonds is 2. The highest BCUT2D eigenvalue weighted by Gasteiger charge is 2.35. The minimum absolute atomic E-state index is 0.332. The number of pyridine rings is 1. The molecule has 2 rings (SSSR count). The Kier molecular flexibility index (Phi) is 2.45. The van der Waals surface area contributed by atoms with Gasteiger partial charge in [-0.25, -0.2) is 0 Å². The van der Waals surface area contributed by atoms with Gasteiger partial charge < -0.3 is 9.84 Å². The quantitative estimate of drug-likeness (QED) is 0.767. The van der Waals surface area contributed by atoms with Crippen LogP contribution in [0.5, 0.6) is 0 Å². The van der Waals surface area contributed by atoms with Crippen LogP contribution in [0.3, 0.4) is 0 Å². The number of aromatic nitrogens is 1. The Morgan fingerprint density at radius 3 is 3.14 bits per heavy atom. The van der Waals surface area contributed by atoms with E-state index in [-0.39, 0.29) is 6.10 Å². The zero-order valence-electron chi connectivity index (χ0n) is 7.59. The zero-order chi connectivity index (χ0) is 9.97. The molecule has 1 fully saturated rings. The number of carboxylic acids is 1. The van der Waals surface area contributed by atoms with Crippen molar-refractivity contribution in [2.24, 2.45) is 5.92 Å². The number of carbonyl (C=O) groups is 1. The van der Waals surface area contributed by atoms with Crippen molar-refractivity contribution in [3.63, 3.8) is 0 Å². The molecule has 0 bridgehead atoms. The number of hydrogen-bond donors (Lipinski definition) is 1. The van der Waals surface area contributed by atoms with Crippen LogP contribution in [0, 0.1) is 5.92 Å². The summed E-state index contributed by atoms with van der Waals surface area (Å²) in [6.07, 6.45) is 3.57. The molecule has 0 unspecified atom stereocenters. The molecule has 0 saturated carbocycles. The van der Waals surface area contributed by atoms with E-state index in [2.05, 4.69) is 4.98 Å². The van der Waals surface area contributed by atoms with E-state index >= 15 is 0 Å². The van der Waals surface area contributed by atoms with Crippen LogP contribution < -0.4 is 0 Å². The highest BCUT2D eigenvalue weighted by atomic mass is 16.5. The number of carboxylic acid groups (broad SMARTS) is 1. The van der Waals surface area contributed by atoms with Gasteiger partial charge in [0.25, 0.3) is 0 Å². The predicted molar refractivity (Wildman–Crippen MR) is 48.7 cm³/mol. The van der Waals surface area contributed by atoms with E-state index in [9.17, 15) is 4.79 Å². The van der Waals surface area contributed by atoms with E-state index in [0.29, 0.717) is 13.0 Å². The molecule has 4 nitrogen and oxygen atoms in total. The first-order chi connectivity index (χ1) is 6.79. The summed E-state index contributed by atoms with van der Waals surface area (Å²) in [7, 11) is 0. The molecule has 1 aliphatic rings. The second kappa shape index (κ2) is 3.75. The fourth-order valence-electron chi connectivity index (χ4n) is 1.72. The van der Waals surface area contributed by atoms with Crippen LogP contribution in [0.15, 0.2) is 24.5 Å². The first-order valence-electron chi connectivity index (χ1n) is 4.53. The van der Waals surface area contributed by atoms with Gasteiger partial charge in [-0.2, -0.15) is 0 Å². The van der Waals surface area contributed by atoms with Crippen LogP contribution >= 0.6 is 0 Å². The fraction of sp³-hybridized carbons (Fsp3) is 0.400. The van der Waals surface area contributed by atoms with E-state index in [1.165, 1.54) is 0 Å². The second-order valence-corrected chi connectivity index (χ2v) is 3.31. The molecule has 2 heterocycles. The van der Waals surface area contributed by atoms with Crippen LogP contribution in [0.1, 0.15) is 18.1 Å². The molecule has 2 atom stereocenters. The van der Waals surface area contributed by atoms with Crippen LogP contribution in [-0.4, -0.2) is 22.7 Å². The lowest BCUT2D eigenvalue weighted by Crippen LogP contribution is -2.17. The Morgan fingerprint density at radius 1 is 1.64 bits per heavy atom. The third-order valence-corrected chi connectivity index (χ3v) is 2.42. The zero-order valence-corrected chi connectivity index (χ0v) is 7.59. The molecule has 0 spiro atoms. The minimum atomic E-state index is -0.795. The van der Waals surface area contributed by atoms with Crippen molar-refractivity contribution in [2.75, 3.05) is 6.61 Å². The summed E-state index contributed by atoms with van der Waals surface area (Å²) < 4.78 is 5.39. The number of nitrogens with zero attached hydrogens (tertiary/aromatic N) is 1. The van der Waals surface area contributed by atoms with Gasteiger partial charge >= 0.3 is 5.97 Å². The van der Waals surface area contributed by atoms with Gasteiger partial charge in [-0.1, -0.05) is 6.07 Å². The third kappa shape index (κ3) is 1.61. The summed E-state index contributed by atoms with van der Waals surface area (Å²) >= 11 is 0. The molecule has 1 aliphatic heterocycles. The monoisotopic (exact) mass is 193 g/mol. The highest BCUT2D eigenvalue weighted by molar-refractivity contribution is 5.71. The summed E-state index contributed by atoms with van der Waals surface area (Å²) in [4.78, 5) is 14.8. The topological polar surface area (TPSA) is 59.4 Å². The maximum absolute atomic E-state index is 10.9. The van der Waals surface area contributed by atoms with Crippen LogP contribution in [0.4, 0.5) is 0 Å². The van der Waals surface area contributed by atoms with Crippen molar-refractivity contribution >= 4 is 5.97 Å². The van der Waals surface area contributed by atoms with Gasteiger partial charge in [0.15, 0.2) is 0 Å².